The molecular formula is C28H31N8O3P. The molecule has 0 atom stereocenters. The molecule has 0 bridgehead atoms. The van der Waals surface area contributed by atoms with E-state index in [0.29, 0.717) is 34.5 Å². The number of aromatic nitrogens is 5. The molecule has 0 saturated heterocycles. The third-order valence-electron chi connectivity index (χ3n) is 7.03. The van der Waals surface area contributed by atoms with Crippen LogP contribution in [0.15, 0.2) is 48.7 Å². The minimum absolute atomic E-state index is 0.00868. The number of pyridine rings is 1. The average molecular weight is 559 g/mol. The van der Waals surface area contributed by atoms with Crippen molar-refractivity contribution in [1.29, 1.82) is 0 Å². The molecule has 0 radical (unpaired) electrons. The van der Waals surface area contributed by atoms with Crippen LogP contribution in [0.3, 0.4) is 0 Å². The molecule has 2 aliphatic rings. The summed E-state index contributed by atoms with van der Waals surface area (Å²) >= 11 is 0. The largest absolute Gasteiger partial charge is 0.494 e. The Balaban J connectivity index is 1.34. The lowest BCUT2D eigenvalue weighted by Gasteiger charge is -2.16. The van der Waals surface area contributed by atoms with Gasteiger partial charge in [0.1, 0.15) is 0 Å². The molecule has 4 aromatic rings. The molecule has 0 spiro atoms. The molecule has 2 saturated carbocycles. The Morgan fingerprint density at radius 1 is 1.00 bits per heavy atom. The van der Waals surface area contributed by atoms with E-state index in [1.807, 2.05) is 25.2 Å². The zero-order valence-electron chi connectivity index (χ0n) is 22.6. The summed E-state index contributed by atoms with van der Waals surface area (Å²) in [6, 6.07) is 13.2. The molecule has 0 unspecified atom stereocenters. The Morgan fingerprint density at radius 3 is 2.45 bits per heavy atom. The van der Waals surface area contributed by atoms with Gasteiger partial charge in [0.25, 0.3) is 5.91 Å². The number of amides is 1. The van der Waals surface area contributed by atoms with Crippen LogP contribution in [0.1, 0.15) is 36.2 Å². The number of nitrogens with two attached hydrogens (primary N) is 1. The van der Waals surface area contributed by atoms with E-state index < -0.39 is 5.91 Å². The molecule has 4 N–H and O–H groups in total. The van der Waals surface area contributed by atoms with E-state index >= 15 is 0 Å². The molecule has 1 amide bonds. The lowest BCUT2D eigenvalue weighted by atomic mass is 10.1. The predicted octanol–water partition coefficient (Wildman–Crippen LogP) is 4.31. The van der Waals surface area contributed by atoms with Gasteiger partial charge < -0.3 is 25.8 Å². The van der Waals surface area contributed by atoms with Crippen molar-refractivity contribution in [2.45, 2.75) is 37.0 Å². The van der Waals surface area contributed by atoms with Crippen molar-refractivity contribution in [3.8, 4) is 22.8 Å². The number of carbonyl (C=O) groups excluding carboxylic acids is 1. The number of primary amides is 1. The third kappa shape index (κ3) is 5.16. The Labute approximate surface area is 233 Å². The van der Waals surface area contributed by atoms with Crippen LogP contribution in [-0.2, 0) is 7.05 Å². The zero-order valence-corrected chi connectivity index (χ0v) is 23.5. The van der Waals surface area contributed by atoms with Crippen LogP contribution in [0.2, 0.25) is 0 Å². The van der Waals surface area contributed by atoms with Gasteiger partial charge in [-0.3, -0.25) is 9.48 Å². The van der Waals surface area contributed by atoms with Gasteiger partial charge in [-0.05, 0) is 75.3 Å². The van der Waals surface area contributed by atoms with Gasteiger partial charge in [-0.2, -0.15) is 5.10 Å². The third-order valence-corrected chi connectivity index (χ3v) is 10.6. The number of anilines is 4. The summed E-state index contributed by atoms with van der Waals surface area (Å²) in [5.41, 5.74) is 11.4. The van der Waals surface area contributed by atoms with Crippen molar-refractivity contribution in [3.63, 3.8) is 0 Å². The summed E-state index contributed by atoms with van der Waals surface area (Å²) in [4.78, 5) is 16.5. The fourth-order valence-corrected chi connectivity index (χ4v) is 8.32. The minimum atomic E-state index is -0.713. The van der Waals surface area contributed by atoms with Crippen LogP contribution in [0, 0.1) is 0 Å². The Morgan fingerprint density at radius 2 is 1.77 bits per heavy atom. The van der Waals surface area contributed by atoms with Gasteiger partial charge in [-0.1, -0.05) is 6.07 Å². The molecule has 6 rings (SSSR count). The summed E-state index contributed by atoms with van der Waals surface area (Å²) in [6.07, 6.45) is 6.96. The smallest absolute Gasteiger partial charge is 0.271 e. The van der Waals surface area contributed by atoms with Gasteiger partial charge in [0, 0.05) is 24.9 Å². The van der Waals surface area contributed by atoms with Crippen molar-refractivity contribution >= 4 is 42.3 Å². The van der Waals surface area contributed by atoms with Crippen molar-refractivity contribution in [2.24, 2.45) is 12.8 Å². The summed E-state index contributed by atoms with van der Waals surface area (Å²) in [5, 5.41) is 19.5. The first-order valence-electron chi connectivity index (χ1n) is 13.2. The monoisotopic (exact) mass is 558 g/mol. The second kappa shape index (κ2) is 10.7. The summed E-state index contributed by atoms with van der Waals surface area (Å²) in [6.45, 7) is 0. The van der Waals surface area contributed by atoms with Gasteiger partial charge in [0.15, 0.2) is 28.8 Å². The molecule has 11 nitrogen and oxygen atoms in total. The SMILES string of the molecule is COc1cccnc1Nc1cc(Nc2cccc(-c3cc(P(C4CC4)C4CC4)n(C)n3)c2OC)c(C(N)=O)nn1. The van der Waals surface area contributed by atoms with Crippen LogP contribution < -0.4 is 31.3 Å². The number of carbonyl (C=O) groups is 1. The topological polar surface area (TPSA) is 142 Å². The molecule has 0 aliphatic heterocycles. The molecule has 2 aliphatic carbocycles. The summed E-state index contributed by atoms with van der Waals surface area (Å²) in [7, 11) is 5.03. The molecular weight excluding hydrogens is 527 g/mol. The fraction of sp³-hybridized carbons (Fsp3) is 0.321. The molecule has 3 heterocycles. The molecule has 12 heteroatoms. The number of para-hydroxylation sites is 1. The van der Waals surface area contributed by atoms with Crippen molar-refractivity contribution in [2.75, 3.05) is 24.9 Å². The fourth-order valence-electron chi connectivity index (χ4n) is 4.91. The number of methoxy groups -OCH3 is 2. The van der Waals surface area contributed by atoms with E-state index in [4.69, 9.17) is 20.3 Å². The van der Waals surface area contributed by atoms with E-state index in [1.165, 1.54) is 31.1 Å². The Bertz CT molecular complexity index is 1560. The highest BCUT2D eigenvalue weighted by molar-refractivity contribution is 7.67. The number of benzene rings is 1. The second-order valence-electron chi connectivity index (χ2n) is 9.93. The van der Waals surface area contributed by atoms with E-state index in [9.17, 15) is 4.79 Å². The number of nitrogens with one attached hydrogen (secondary N) is 2. The van der Waals surface area contributed by atoms with Crippen molar-refractivity contribution in [3.05, 3.63) is 54.4 Å². The zero-order chi connectivity index (χ0) is 27.8. The van der Waals surface area contributed by atoms with Crippen LogP contribution in [0.25, 0.3) is 11.3 Å². The highest BCUT2D eigenvalue weighted by Gasteiger charge is 2.43. The summed E-state index contributed by atoms with van der Waals surface area (Å²) in [5.74, 6) is 1.23. The first-order chi connectivity index (χ1) is 19.5. The standard InChI is InChI=1S/C28H31N8O3P/c1-36-24(40(16-9-10-16)17-11-12-17)15-20(35-36)18-6-4-7-19(26(18)39-3)31-21-14-23(33-34-25(21)27(29)37)32-28-22(38-2)8-5-13-30-28/h4-8,13-17H,9-12H2,1-3H3,(H2,29,37)(H2,30,31,32,33). The molecule has 2 fully saturated rings. The quantitative estimate of drug-likeness (QED) is 0.230. The van der Waals surface area contributed by atoms with Gasteiger partial charge >= 0.3 is 0 Å². The van der Waals surface area contributed by atoms with Gasteiger partial charge in [-0.25, -0.2) is 4.98 Å². The molecule has 3 aromatic heterocycles. The van der Waals surface area contributed by atoms with Crippen molar-refractivity contribution < 1.29 is 14.3 Å². The number of rotatable bonds is 11. The first kappa shape index (κ1) is 26.0. The number of hydrogen-bond donors (Lipinski definition) is 3. The first-order valence-corrected chi connectivity index (χ1v) is 14.6. The molecule has 206 valence electrons. The lowest BCUT2D eigenvalue weighted by molar-refractivity contribution is 0.0995. The van der Waals surface area contributed by atoms with Crippen LogP contribution >= 0.6 is 7.92 Å². The number of ether oxygens (including phenoxy) is 2. The van der Waals surface area contributed by atoms with Gasteiger partial charge in [-0.15, -0.1) is 10.2 Å². The van der Waals surface area contributed by atoms with E-state index in [-0.39, 0.29) is 13.6 Å². The Hall–Kier alpha value is -4.24. The normalized spacial score (nSPS) is 14.7. The maximum absolute atomic E-state index is 12.2. The predicted molar refractivity (Wildman–Crippen MR) is 156 cm³/mol. The second-order valence-corrected chi connectivity index (χ2v) is 12.7. The average Bonchev–Trinajstić information content (AvgIpc) is 3.89. The number of aryl methyl sites for hydroxylation is 1. The number of hydrogen-bond acceptors (Lipinski definition) is 9. The molecule has 1 aromatic carbocycles. The highest BCUT2D eigenvalue weighted by Crippen LogP contribution is 2.63. The number of nitrogens with zero attached hydrogens (tertiary/aromatic N) is 5. The van der Waals surface area contributed by atoms with Crippen LogP contribution in [0.5, 0.6) is 11.5 Å². The maximum Gasteiger partial charge on any atom is 0.271 e. The van der Waals surface area contributed by atoms with E-state index in [2.05, 4.69) is 36.6 Å². The van der Waals surface area contributed by atoms with Crippen molar-refractivity contribution in [1.82, 2.24) is 25.0 Å². The van der Waals surface area contributed by atoms with E-state index in [0.717, 1.165) is 22.6 Å². The highest BCUT2D eigenvalue weighted by atomic mass is 31.1. The van der Waals surface area contributed by atoms with Crippen LogP contribution in [-0.4, -0.2) is 56.4 Å². The lowest BCUT2D eigenvalue weighted by Crippen LogP contribution is -2.17. The minimum Gasteiger partial charge on any atom is -0.494 e. The summed E-state index contributed by atoms with van der Waals surface area (Å²) < 4.78 is 13.3. The van der Waals surface area contributed by atoms with Crippen LogP contribution in [0.4, 0.5) is 23.0 Å². The van der Waals surface area contributed by atoms with E-state index in [1.54, 1.807) is 38.6 Å². The van der Waals surface area contributed by atoms with Gasteiger partial charge in [0.05, 0.1) is 36.7 Å². The van der Waals surface area contributed by atoms with Gasteiger partial charge in [0.2, 0.25) is 0 Å². The Kier molecular flexibility index (Phi) is 6.98. The molecule has 40 heavy (non-hydrogen) atoms. The maximum atomic E-state index is 12.2.